The summed E-state index contributed by atoms with van der Waals surface area (Å²) < 4.78 is 0. The third-order valence-electron chi connectivity index (χ3n) is 2.62. The largest absolute Gasteiger partial charge is 0.378 e. The molecule has 0 saturated heterocycles. The fourth-order valence-electron chi connectivity index (χ4n) is 1.62. The number of anilines is 1. The molecule has 0 amide bonds. The van der Waals surface area contributed by atoms with E-state index < -0.39 is 0 Å². The molecule has 2 aromatic rings. The van der Waals surface area contributed by atoms with Crippen molar-refractivity contribution in [2.45, 2.75) is 6.42 Å². The molecule has 2 rings (SSSR count). The minimum absolute atomic E-state index is 0.178. The average molecular weight is 245 g/mol. The fraction of sp³-hybridized carbons (Fsp3) is 0.214. The maximum absolute atomic E-state index is 12.0. The van der Waals surface area contributed by atoms with Gasteiger partial charge in [-0.3, -0.25) is 4.79 Å². The molecule has 88 valence electrons. The van der Waals surface area contributed by atoms with Crippen LogP contribution in [-0.2, 0) is 6.42 Å². The van der Waals surface area contributed by atoms with E-state index in [1.165, 1.54) is 0 Å². The number of thiophene rings is 1. The molecule has 3 heteroatoms. The Bertz CT molecular complexity index is 485. The monoisotopic (exact) mass is 245 g/mol. The van der Waals surface area contributed by atoms with E-state index in [2.05, 4.69) is 0 Å². The first kappa shape index (κ1) is 11.9. The lowest BCUT2D eigenvalue weighted by Crippen LogP contribution is -2.09. The van der Waals surface area contributed by atoms with Gasteiger partial charge in [0.25, 0.3) is 0 Å². The highest BCUT2D eigenvalue weighted by molar-refractivity contribution is 7.10. The summed E-state index contributed by atoms with van der Waals surface area (Å²) in [5.41, 5.74) is 1.89. The van der Waals surface area contributed by atoms with Crippen molar-refractivity contribution in [3.63, 3.8) is 0 Å². The van der Waals surface area contributed by atoms with Crippen LogP contribution in [0.15, 0.2) is 41.8 Å². The number of rotatable bonds is 4. The number of hydrogen-bond acceptors (Lipinski definition) is 3. The number of nitrogens with zero attached hydrogens (tertiary/aromatic N) is 1. The lowest BCUT2D eigenvalue weighted by atomic mass is 10.1. The molecular formula is C14H15NOS. The summed E-state index contributed by atoms with van der Waals surface area (Å²) in [4.78, 5) is 15.1. The molecule has 0 spiro atoms. The lowest BCUT2D eigenvalue weighted by Gasteiger charge is -2.12. The third kappa shape index (κ3) is 2.94. The summed E-state index contributed by atoms with van der Waals surface area (Å²) in [6.45, 7) is 0. The molecule has 1 heterocycles. The Morgan fingerprint density at radius 1 is 1.18 bits per heavy atom. The van der Waals surface area contributed by atoms with E-state index in [4.69, 9.17) is 0 Å². The van der Waals surface area contributed by atoms with E-state index in [1.54, 1.807) is 11.3 Å². The zero-order chi connectivity index (χ0) is 12.3. The van der Waals surface area contributed by atoms with Gasteiger partial charge in [-0.05, 0) is 35.7 Å². The van der Waals surface area contributed by atoms with Gasteiger partial charge in [-0.25, -0.2) is 0 Å². The number of hydrogen-bond donors (Lipinski definition) is 0. The number of Topliss-reactive ketones (excluding diaryl/α,β-unsaturated/α-hetero) is 1. The molecule has 0 aliphatic heterocycles. The van der Waals surface area contributed by atoms with Gasteiger partial charge >= 0.3 is 0 Å². The quantitative estimate of drug-likeness (QED) is 0.771. The second kappa shape index (κ2) is 5.15. The second-order valence-corrected chi connectivity index (χ2v) is 5.15. The minimum atomic E-state index is 0.178. The summed E-state index contributed by atoms with van der Waals surface area (Å²) in [5, 5.41) is 2.00. The van der Waals surface area contributed by atoms with Gasteiger partial charge in [0, 0.05) is 36.6 Å². The van der Waals surface area contributed by atoms with Gasteiger partial charge in [0.15, 0.2) is 5.78 Å². The topological polar surface area (TPSA) is 20.3 Å². The second-order valence-electron chi connectivity index (χ2n) is 4.12. The van der Waals surface area contributed by atoms with Crippen molar-refractivity contribution in [3.05, 3.63) is 52.2 Å². The summed E-state index contributed by atoms with van der Waals surface area (Å²) in [6, 6.07) is 11.7. The third-order valence-corrected chi connectivity index (χ3v) is 3.50. The molecule has 2 nitrogen and oxygen atoms in total. The molecule has 0 bridgehead atoms. The maximum Gasteiger partial charge on any atom is 0.168 e. The first-order valence-corrected chi connectivity index (χ1v) is 6.38. The standard InChI is InChI=1S/C14H15NOS/c1-15(2)12-7-5-11(6-8-12)14(16)10-13-4-3-9-17-13/h3-9H,10H2,1-2H3. The van der Waals surface area contributed by atoms with E-state index in [0.717, 1.165) is 16.1 Å². The lowest BCUT2D eigenvalue weighted by molar-refractivity contribution is 0.0994. The van der Waals surface area contributed by atoms with Crippen molar-refractivity contribution in [1.29, 1.82) is 0 Å². The molecule has 0 fully saturated rings. The first-order chi connectivity index (χ1) is 8.16. The number of ketones is 1. The van der Waals surface area contributed by atoms with Gasteiger partial charge in [0.1, 0.15) is 0 Å². The fourth-order valence-corrected chi connectivity index (χ4v) is 2.32. The van der Waals surface area contributed by atoms with Crippen LogP contribution < -0.4 is 4.90 Å². The van der Waals surface area contributed by atoms with E-state index in [-0.39, 0.29) is 5.78 Å². The Kier molecular flexibility index (Phi) is 3.59. The maximum atomic E-state index is 12.0. The van der Waals surface area contributed by atoms with Crippen LogP contribution in [0.5, 0.6) is 0 Å². The Morgan fingerprint density at radius 2 is 1.88 bits per heavy atom. The van der Waals surface area contributed by atoms with Crippen LogP contribution in [0.2, 0.25) is 0 Å². The molecule has 1 aromatic carbocycles. The van der Waals surface area contributed by atoms with Crippen molar-refractivity contribution in [3.8, 4) is 0 Å². The van der Waals surface area contributed by atoms with Gasteiger partial charge < -0.3 is 4.90 Å². The Hall–Kier alpha value is -1.61. The van der Waals surface area contributed by atoms with E-state index in [0.29, 0.717) is 6.42 Å². The molecule has 0 N–H and O–H groups in total. The summed E-state index contributed by atoms with van der Waals surface area (Å²) in [5.74, 6) is 0.178. The molecule has 0 radical (unpaired) electrons. The zero-order valence-electron chi connectivity index (χ0n) is 10.0. The number of benzene rings is 1. The Labute approximate surface area is 106 Å². The molecule has 0 atom stereocenters. The normalized spacial score (nSPS) is 10.2. The van der Waals surface area contributed by atoms with Gasteiger partial charge in [-0.2, -0.15) is 0 Å². The smallest absolute Gasteiger partial charge is 0.168 e. The van der Waals surface area contributed by atoms with Crippen molar-refractivity contribution >= 4 is 22.8 Å². The average Bonchev–Trinajstić information content (AvgIpc) is 2.82. The molecular weight excluding hydrogens is 230 g/mol. The SMILES string of the molecule is CN(C)c1ccc(C(=O)Cc2cccs2)cc1. The predicted molar refractivity (Wildman–Crippen MR) is 73.1 cm³/mol. The molecule has 1 aromatic heterocycles. The van der Waals surface area contributed by atoms with Crippen LogP contribution in [0.1, 0.15) is 15.2 Å². The minimum Gasteiger partial charge on any atom is -0.378 e. The Balaban J connectivity index is 2.09. The zero-order valence-corrected chi connectivity index (χ0v) is 10.8. The van der Waals surface area contributed by atoms with Crippen molar-refractivity contribution in [1.82, 2.24) is 0 Å². The van der Waals surface area contributed by atoms with Gasteiger partial charge in [-0.15, -0.1) is 11.3 Å². The van der Waals surface area contributed by atoms with E-state index >= 15 is 0 Å². The molecule has 0 aliphatic rings. The van der Waals surface area contributed by atoms with Gasteiger partial charge in [0.05, 0.1) is 0 Å². The van der Waals surface area contributed by atoms with Crippen molar-refractivity contribution in [2.75, 3.05) is 19.0 Å². The highest BCUT2D eigenvalue weighted by atomic mass is 32.1. The van der Waals surface area contributed by atoms with Crippen LogP contribution in [-0.4, -0.2) is 19.9 Å². The van der Waals surface area contributed by atoms with Crippen LogP contribution in [0, 0.1) is 0 Å². The van der Waals surface area contributed by atoms with Crippen LogP contribution in [0.25, 0.3) is 0 Å². The van der Waals surface area contributed by atoms with Crippen molar-refractivity contribution in [2.24, 2.45) is 0 Å². The van der Waals surface area contributed by atoms with E-state index in [1.807, 2.05) is 60.8 Å². The summed E-state index contributed by atoms with van der Waals surface area (Å²) >= 11 is 1.62. The highest BCUT2D eigenvalue weighted by Gasteiger charge is 2.07. The molecule has 0 aliphatic carbocycles. The molecule has 0 unspecified atom stereocenters. The predicted octanol–water partition coefficient (Wildman–Crippen LogP) is 3.24. The van der Waals surface area contributed by atoms with E-state index in [9.17, 15) is 4.79 Å². The summed E-state index contributed by atoms with van der Waals surface area (Å²) in [7, 11) is 3.98. The number of carbonyl (C=O) groups is 1. The highest BCUT2D eigenvalue weighted by Crippen LogP contribution is 2.16. The molecule has 0 saturated carbocycles. The first-order valence-electron chi connectivity index (χ1n) is 5.50. The van der Waals surface area contributed by atoms with Crippen LogP contribution in [0.4, 0.5) is 5.69 Å². The Morgan fingerprint density at radius 3 is 2.41 bits per heavy atom. The molecule has 17 heavy (non-hydrogen) atoms. The van der Waals surface area contributed by atoms with Gasteiger partial charge in [0.2, 0.25) is 0 Å². The summed E-state index contributed by atoms with van der Waals surface area (Å²) in [6.07, 6.45) is 0.499. The van der Waals surface area contributed by atoms with Crippen molar-refractivity contribution < 1.29 is 4.79 Å². The van der Waals surface area contributed by atoms with Crippen LogP contribution in [0.3, 0.4) is 0 Å². The van der Waals surface area contributed by atoms with Gasteiger partial charge in [-0.1, -0.05) is 6.07 Å². The number of carbonyl (C=O) groups excluding carboxylic acids is 1. The van der Waals surface area contributed by atoms with Crippen LogP contribution >= 0.6 is 11.3 Å².